The smallest absolute Gasteiger partial charge is 0.339 e. The second-order valence-electron chi connectivity index (χ2n) is 12.4. The predicted octanol–water partition coefficient (Wildman–Crippen LogP) is 6.24. The molecule has 2 saturated heterocycles. The van der Waals surface area contributed by atoms with Crippen LogP contribution in [0.15, 0.2) is 69.1 Å². The number of allylic oxidation sites excluding steroid dienone is 2. The van der Waals surface area contributed by atoms with E-state index in [9.17, 15) is 43.7 Å². The summed E-state index contributed by atoms with van der Waals surface area (Å²) in [6.45, 7) is 0. The zero-order valence-corrected chi connectivity index (χ0v) is 30.2. The summed E-state index contributed by atoms with van der Waals surface area (Å²) in [6.07, 6.45) is 1.37. The van der Waals surface area contributed by atoms with Crippen LogP contribution in [0.2, 0.25) is 0 Å². The second kappa shape index (κ2) is 11.8. The maximum Gasteiger partial charge on any atom is 0.339 e. The van der Waals surface area contributed by atoms with E-state index in [1.807, 2.05) is 0 Å². The van der Waals surface area contributed by atoms with Crippen LogP contribution in [-0.2, 0) is 19.2 Å². The molecule has 2 heterocycles. The number of methoxy groups -OCH3 is 1. The number of ether oxygens (including phenoxy) is 1. The molecule has 0 spiro atoms. The monoisotopic (exact) mass is 850 g/mol. The van der Waals surface area contributed by atoms with Crippen molar-refractivity contribution in [2.45, 2.75) is 28.5 Å². The molecule has 11 nitrogen and oxygen atoms in total. The number of amides is 4. The van der Waals surface area contributed by atoms with Crippen LogP contribution in [0.4, 0.5) is 15.8 Å². The predicted molar refractivity (Wildman–Crippen MR) is 184 cm³/mol. The third kappa shape index (κ3) is 4.54. The number of carboxylic acid groups (broad SMARTS) is 1. The minimum atomic E-state index is -2.25. The van der Waals surface area contributed by atoms with Crippen LogP contribution in [0.3, 0.4) is 0 Å². The molecule has 258 valence electrons. The molecule has 4 aliphatic rings. The molecule has 4 amide bonds. The Hall–Kier alpha value is -3.98. The van der Waals surface area contributed by atoms with Crippen molar-refractivity contribution in [1.82, 2.24) is 0 Å². The first kappa shape index (κ1) is 34.5. The minimum absolute atomic E-state index is 0.0101. The summed E-state index contributed by atoms with van der Waals surface area (Å²) >= 11 is 21.6. The van der Waals surface area contributed by atoms with Crippen molar-refractivity contribution in [1.29, 1.82) is 0 Å². The van der Waals surface area contributed by atoms with E-state index in [1.165, 1.54) is 31.4 Å². The van der Waals surface area contributed by atoms with Gasteiger partial charge in [-0.15, -0.1) is 23.2 Å². The summed E-state index contributed by atoms with van der Waals surface area (Å²) in [5.74, 6) is -10.3. The van der Waals surface area contributed by atoms with E-state index in [0.717, 1.165) is 34.1 Å². The van der Waals surface area contributed by atoms with Crippen LogP contribution in [0, 0.1) is 23.6 Å². The highest BCUT2D eigenvalue weighted by Gasteiger charge is 2.77. The fraction of sp³-hybridized carbons (Fsp3) is 0.265. The summed E-state index contributed by atoms with van der Waals surface area (Å²) < 4.78 is 19.7. The number of halogens is 5. The van der Waals surface area contributed by atoms with Gasteiger partial charge < -0.3 is 20.1 Å². The molecule has 3 aromatic rings. The maximum absolute atomic E-state index is 14.6. The summed E-state index contributed by atoms with van der Waals surface area (Å²) in [7, 11) is 1.31. The Bertz CT molecular complexity index is 2110. The molecule has 0 aromatic heterocycles. The number of anilines is 2. The average molecular weight is 853 g/mol. The highest BCUT2D eigenvalue weighted by molar-refractivity contribution is 9.13. The first-order chi connectivity index (χ1) is 23.6. The normalized spacial score (nSPS) is 28.7. The Morgan fingerprint density at radius 3 is 2.20 bits per heavy atom. The number of nitrogens with zero attached hydrogens (tertiary/aromatic N) is 2. The van der Waals surface area contributed by atoms with E-state index in [2.05, 4.69) is 31.9 Å². The van der Waals surface area contributed by atoms with Crippen molar-refractivity contribution in [3.8, 4) is 17.2 Å². The third-order valence-corrected chi connectivity index (χ3v) is 13.6. The van der Waals surface area contributed by atoms with E-state index in [0.29, 0.717) is 5.57 Å². The van der Waals surface area contributed by atoms with Crippen LogP contribution >= 0.6 is 55.1 Å². The van der Waals surface area contributed by atoms with Crippen molar-refractivity contribution < 1.29 is 48.4 Å². The Balaban J connectivity index is 1.42. The largest absolute Gasteiger partial charge is 0.507 e. The molecule has 2 aliphatic carbocycles. The molecule has 3 N–H and O–H groups in total. The van der Waals surface area contributed by atoms with E-state index in [-0.39, 0.29) is 50.2 Å². The number of alkyl halides is 2. The highest BCUT2D eigenvalue weighted by atomic mass is 79.9. The van der Waals surface area contributed by atoms with Gasteiger partial charge in [0.25, 0.3) is 11.8 Å². The van der Waals surface area contributed by atoms with Crippen molar-refractivity contribution in [2.24, 2.45) is 17.8 Å². The SMILES string of the molecule is COc1cc(C2C3=CCC4C(=O)N(c5ccc(C(=O)O)c(O)c5)C(=O)C4C3CC3(Cl)C(=O)N(c4ccc(F)cc4)C(=O)C23Cl)c(Br)c(Br)c1O. The van der Waals surface area contributed by atoms with E-state index >= 15 is 0 Å². The summed E-state index contributed by atoms with van der Waals surface area (Å²) in [4.78, 5) is 65.9. The minimum Gasteiger partial charge on any atom is -0.507 e. The molecule has 7 rings (SSSR count). The van der Waals surface area contributed by atoms with Gasteiger partial charge in [-0.2, -0.15) is 0 Å². The summed E-state index contributed by atoms with van der Waals surface area (Å²) in [5, 5.41) is 30.5. The number of carbonyl (C=O) groups excluding carboxylic acids is 4. The molecule has 50 heavy (non-hydrogen) atoms. The van der Waals surface area contributed by atoms with Gasteiger partial charge in [-0.05, 0) is 98.6 Å². The van der Waals surface area contributed by atoms with Gasteiger partial charge in [-0.1, -0.05) is 11.6 Å². The quantitative estimate of drug-likeness (QED) is 0.153. The van der Waals surface area contributed by atoms with E-state index < -0.39 is 80.1 Å². The van der Waals surface area contributed by atoms with Gasteiger partial charge in [0, 0.05) is 16.5 Å². The molecular weight excluding hydrogens is 830 g/mol. The zero-order valence-electron chi connectivity index (χ0n) is 25.5. The van der Waals surface area contributed by atoms with Gasteiger partial charge in [-0.3, -0.25) is 19.2 Å². The molecule has 0 bridgehead atoms. The lowest BCUT2D eigenvalue weighted by Crippen LogP contribution is -2.60. The number of benzene rings is 3. The lowest BCUT2D eigenvalue weighted by atomic mass is 9.56. The lowest BCUT2D eigenvalue weighted by molar-refractivity contribution is -0.125. The third-order valence-electron chi connectivity index (χ3n) is 10.1. The van der Waals surface area contributed by atoms with Crippen molar-refractivity contribution >= 4 is 96.0 Å². The molecule has 16 heteroatoms. The van der Waals surface area contributed by atoms with E-state index in [4.69, 9.17) is 27.9 Å². The van der Waals surface area contributed by atoms with Crippen molar-refractivity contribution in [2.75, 3.05) is 16.9 Å². The van der Waals surface area contributed by atoms with E-state index in [1.54, 1.807) is 6.08 Å². The number of hydrogen-bond acceptors (Lipinski definition) is 8. The fourth-order valence-electron chi connectivity index (χ4n) is 7.82. The number of carboxylic acids is 1. The number of rotatable bonds is 5. The number of imide groups is 2. The van der Waals surface area contributed by atoms with Crippen LogP contribution in [0.25, 0.3) is 0 Å². The van der Waals surface area contributed by atoms with Gasteiger partial charge in [0.2, 0.25) is 11.8 Å². The van der Waals surface area contributed by atoms with Gasteiger partial charge >= 0.3 is 5.97 Å². The van der Waals surface area contributed by atoms with Gasteiger partial charge in [0.15, 0.2) is 21.2 Å². The molecule has 6 atom stereocenters. The number of fused-ring (bicyclic) bond motifs is 4. The van der Waals surface area contributed by atoms with Gasteiger partial charge in [0.05, 0.1) is 34.8 Å². The number of aromatic hydroxyl groups is 2. The van der Waals surface area contributed by atoms with Crippen LogP contribution in [-0.4, -0.2) is 61.8 Å². The van der Waals surface area contributed by atoms with Gasteiger partial charge in [0.1, 0.15) is 17.1 Å². The molecule has 3 aromatic carbocycles. The van der Waals surface area contributed by atoms with Crippen LogP contribution < -0.4 is 14.5 Å². The fourth-order valence-corrected chi connectivity index (χ4v) is 9.70. The maximum atomic E-state index is 14.6. The van der Waals surface area contributed by atoms with Crippen LogP contribution in [0.5, 0.6) is 17.2 Å². The Kier molecular flexibility index (Phi) is 8.13. The molecule has 2 aliphatic heterocycles. The van der Waals surface area contributed by atoms with Crippen LogP contribution in [0.1, 0.15) is 34.7 Å². The van der Waals surface area contributed by atoms with Crippen molar-refractivity contribution in [3.63, 3.8) is 0 Å². The Morgan fingerprint density at radius 2 is 1.58 bits per heavy atom. The van der Waals surface area contributed by atoms with Crippen molar-refractivity contribution in [3.05, 3.63) is 86.1 Å². The molecule has 1 saturated carbocycles. The summed E-state index contributed by atoms with van der Waals surface area (Å²) in [5.41, 5.74) is 0.236. The number of phenolic OH excluding ortho intramolecular Hbond substituents is 1. The molecule has 3 fully saturated rings. The average Bonchev–Trinajstić information content (AvgIpc) is 3.42. The molecule has 0 radical (unpaired) electrons. The highest BCUT2D eigenvalue weighted by Crippen LogP contribution is 2.67. The number of phenols is 2. The number of carbonyl (C=O) groups is 5. The second-order valence-corrected chi connectivity index (χ2v) is 15.2. The number of hydrogen-bond donors (Lipinski definition) is 3. The first-order valence-corrected chi connectivity index (χ1v) is 17.3. The standard InChI is InChI=1S/C34H23Br2Cl2FN2O9/c1-50-22-11-19(25(35)26(36)27(22)43)24-16-8-9-18-23(29(45)40(28(18)44)15-6-7-17(30(46)47)21(42)10-15)20(16)12-33(37)31(48)41(32(49)34(24,33)38)14-4-2-13(39)3-5-14/h2-8,10-11,18,20,23-24,42-43H,9,12H2,1H3,(H,46,47). The lowest BCUT2D eigenvalue weighted by Gasteiger charge is -2.51. The first-order valence-electron chi connectivity index (χ1n) is 15.0. The Morgan fingerprint density at radius 1 is 0.920 bits per heavy atom. The topological polar surface area (TPSA) is 162 Å². The molecular formula is C34H23Br2Cl2FN2O9. The van der Waals surface area contributed by atoms with Gasteiger partial charge in [-0.25, -0.2) is 19.0 Å². The molecule has 6 unspecified atom stereocenters. The zero-order chi connectivity index (χ0) is 36.2. The number of aromatic carboxylic acids is 1. The Labute approximate surface area is 309 Å². The summed E-state index contributed by atoms with van der Waals surface area (Å²) in [6, 6.07) is 9.37.